The Balaban J connectivity index is 0.00000312. The van der Waals surface area contributed by atoms with Crippen LogP contribution in [0.4, 0.5) is 0 Å². The quantitative estimate of drug-likeness (QED) is 0.363. The Morgan fingerprint density at radius 1 is 1.16 bits per heavy atom. The summed E-state index contributed by atoms with van der Waals surface area (Å²) in [6.45, 7) is 9.80. The van der Waals surface area contributed by atoms with Crippen LogP contribution in [0.3, 0.4) is 0 Å². The van der Waals surface area contributed by atoms with Gasteiger partial charge in [-0.15, -0.1) is 24.0 Å². The number of nitrogens with zero attached hydrogens (tertiary/aromatic N) is 3. The lowest BCUT2D eigenvalue weighted by Gasteiger charge is -2.13. The van der Waals surface area contributed by atoms with Crippen molar-refractivity contribution in [2.24, 2.45) is 10.9 Å². The second-order valence-corrected chi connectivity index (χ2v) is 6.28. The lowest BCUT2D eigenvalue weighted by molar-refractivity contribution is 0.573. The first-order valence-electron chi connectivity index (χ1n) is 8.75. The monoisotopic (exact) mass is 455 g/mol. The Labute approximate surface area is 168 Å². The number of nitrogens with one attached hydrogen (secondary N) is 2. The molecule has 1 aromatic carbocycles. The highest BCUT2D eigenvalue weighted by molar-refractivity contribution is 14.0. The molecule has 0 aliphatic rings. The summed E-state index contributed by atoms with van der Waals surface area (Å²) in [5.74, 6) is 1.57. The zero-order valence-corrected chi connectivity index (χ0v) is 17.7. The molecule has 0 radical (unpaired) electrons. The predicted molar refractivity (Wildman–Crippen MR) is 115 cm³/mol. The van der Waals surface area contributed by atoms with E-state index in [-0.39, 0.29) is 24.0 Å². The number of aromatic nitrogens is 2. The van der Waals surface area contributed by atoms with E-state index in [0.29, 0.717) is 12.5 Å². The third-order valence-corrected chi connectivity index (χ3v) is 3.78. The first-order valence-corrected chi connectivity index (χ1v) is 8.75. The molecule has 0 amide bonds. The molecule has 25 heavy (non-hydrogen) atoms. The van der Waals surface area contributed by atoms with E-state index in [1.165, 1.54) is 11.1 Å². The molecule has 5 nitrogen and oxygen atoms in total. The Morgan fingerprint density at radius 3 is 2.56 bits per heavy atom. The first-order chi connectivity index (χ1) is 11.7. The lowest BCUT2D eigenvalue weighted by Crippen LogP contribution is -2.38. The van der Waals surface area contributed by atoms with Gasteiger partial charge in [0.2, 0.25) is 0 Å². The van der Waals surface area contributed by atoms with Gasteiger partial charge in [0.15, 0.2) is 5.96 Å². The highest BCUT2D eigenvalue weighted by atomic mass is 127. The van der Waals surface area contributed by atoms with Gasteiger partial charge in [-0.05, 0) is 36.5 Å². The second kappa shape index (κ2) is 11.9. The molecule has 0 saturated carbocycles. The summed E-state index contributed by atoms with van der Waals surface area (Å²) in [6.07, 6.45) is 4.93. The van der Waals surface area contributed by atoms with Gasteiger partial charge in [0.05, 0.1) is 13.1 Å². The topological polar surface area (TPSA) is 54.2 Å². The van der Waals surface area contributed by atoms with Crippen molar-refractivity contribution in [1.82, 2.24) is 20.4 Å². The molecular weight excluding hydrogens is 425 g/mol. The highest BCUT2D eigenvalue weighted by Gasteiger charge is 2.04. The smallest absolute Gasteiger partial charge is 0.191 e. The largest absolute Gasteiger partial charge is 0.357 e. The van der Waals surface area contributed by atoms with Crippen LogP contribution in [-0.4, -0.2) is 28.8 Å². The summed E-state index contributed by atoms with van der Waals surface area (Å²) in [5.41, 5.74) is 2.48. The van der Waals surface area contributed by atoms with E-state index in [2.05, 4.69) is 60.8 Å². The molecule has 0 aliphatic heterocycles. The molecule has 1 heterocycles. The normalized spacial score (nSPS) is 11.3. The predicted octanol–water partition coefficient (Wildman–Crippen LogP) is 3.65. The van der Waals surface area contributed by atoms with Crippen molar-refractivity contribution in [3.05, 3.63) is 53.9 Å². The summed E-state index contributed by atoms with van der Waals surface area (Å²) >= 11 is 0. The van der Waals surface area contributed by atoms with Crippen molar-refractivity contribution >= 4 is 29.9 Å². The summed E-state index contributed by atoms with van der Waals surface area (Å²) in [5, 5.41) is 11.0. The Hall–Kier alpha value is -1.57. The van der Waals surface area contributed by atoms with Gasteiger partial charge in [0.1, 0.15) is 0 Å². The molecule has 0 spiro atoms. The van der Waals surface area contributed by atoms with Gasteiger partial charge in [0.25, 0.3) is 0 Å². The van der Waals surface area contributed by atoms with Gasteiger partial charge < -0.3 is 10.6 Å². The minimum atomic E-state index is 0. The molecular formula is C19H30IN5. The molecule has 0 fully saturated rings. The van der Waals surface area contributed by atoms with Crippen LogP contribution in [0.5, 0.6) is 0 Å². The Bertz CT molecular complexity index is 623. The van der Waals surface area contributed by atoms with Crippen molar-refractivity contribution < 1.29 is 0 Å². The molecule has 2 rings (SSSR count). The van der Waals surface area contributed by atoms with E-state index in [1.807, 2.05) is 23.1 Å². The Morgan fingerprint density at radius 2 is 1.92 bits per heavy atom. The van der Waals surface area contributed by atoms with Crippen molar-refractivity contribution in [2.45, 2.75) is 40.3 Å². The molecule has 138 valence electrons. The SMILES string of the molecule is CCNC(=NCc1ccccc1Cn1cccn1)NCCC(C)C.I. The average Bonchev–Trinajstić information content (AvgIpc) is 3.06. The van der Waals surface area contributed by atoms with Crippen LogP contribution < -0.4 is 10.6 Å². The van der Waals surface area contributed by atoms with Crippen LogP contribution in [0.2, 0.25) is 0 Å². The van der Waals surface area contributed by atoms with Crippen LogP contribution in [0.15, 0.2) is 47.7 Å². The molecule has 6 heteroatoms. The van der Waals surface area contributed by atoms with E-state index in [0.717, 1.165) is 32.0 Å². The van der Waals surface area contributed by atoms with Gasteiger partial charge in [-0.3, -0.25) is 4.68 Å². The number of guanidine groups is 1. The van der Waals surface area contributed by atoms with Gasteiger partial charge in [0, 0.05) is 25.5 Å². The summed E-state index contributed by atoms with van der Waals surface area (Å²) < 4.78 is 1.94. The molecule has 0 unspecified atom stereocenters. The zero-order chi connectivity index (χ0) is 17.2. The maximum Gasteiger partial charge on any atom is 0.191 e. The number of hydrogen-bond donors (Lipinski definition) is 2. The van der Waals surface area contributed by atoms with E-state index < -0.39 is 0 Å². The van der Waals surface area contributed by atoms with Crippen molar-refractivity contribution in [3.63, 3.8) is 0 Å². The Kier molecular flexibility index (Phi) is 10.2. The third-order valence-electron chi connectivity index (χ3n) is 3.78. The van der Waals surface area contributed by atoms with Gasteiger partial charge in [-0.1, -0.05) is 38.1 Å². The van der Waals surface area contributed by atoms with E-state index in [4.69, 9.17) is 4.99 Å². The van der Waals surface area contributed by atoms with E-state index in [1.54, 1.807) is 0 Å². The van der Waals surface area contributed by atoms with Gasteiger partial charge >= 0.3 is 0 Å². The maximum absolute atomic E-state index is 4.74. The number of halogens is 1. The summed E-state index contributed by atoms with van der Waals surface area (Å²) in [6, 6.07) is 10.4. The standard InChI is InChI=1S/C19H29N5.HI/c1-4-20-19(21-12-10-16(2)3)22-14-17-8-5-6-9-18(17)15-24-13-7-11-23-24;/h5-9,11,13,16H,4,10,12,14-15H2,1-3H3,(H2,20,21,22);1H. The maximum atomic E-state index is 4.74. The van der Waals surface area contributed by atoms with Crippen LogP contribution in [0, 0.1) is 5.92 Å². The molecule has 2 aromatic rings. The van der Waals surface area contributed by atoms with Gasteiger partial charge in [-0.2, -0.15) is 5.10 Å². The third kappa shape index (κ3) is 7.90. The van der Waals surface area contributed by atoms with Crippen molar-refractivity contribution in [1.29, 1.82) is 0 Å². The fourth-order valence-corrected chi connectivity index (χ4v) is 2.42. The minimum absolute atomic E-state index is 0. The number of aliphatic imine (C=N–C) groups is 1. The molecule has 0 bridgehead atoms. The molecule has 0 atom stereocenters. The van der Waals surface area contributed by atoms with Crippen LogP contribution in [0.1, 0.15) is 38.3 Å². The summed E-state index contributed by atoms with van der Waals surface area (Å²) in [4.78, 5) is 4.74. The van der Waals surface area contributed by atoms with Crippen LogP contribution >= 0.6 is 24.0 Å². The lowest BCUT2D eigenvalue weighted by atomic mass is 10.1. The fraction of sp³-hybridized carbons (Fsp3) is 0.474. The number of rotatable bonds is 8. The number of hydrogen-bond acceptors (Lipinski definition) is 2. The number of benzene rings is 1. The molecule has 1 aromatic heterocycles. The van der Waals surface area contributed by atoms with Crippen molar-refractivity contribution in [3.8, 4) is 0 Å². The molecule has 2 N–H and O–H groups in total. The van der Waals surface area contributed by atoms with E-state index in [9.17, 15) is 0 Å². The first kappa shape index (κ1) is 21.5. The zero-order valence-electron chi connectivity index (χ0n) is 15.4. The average molecular weight is 455 g/mol. The molecule has 0 aliphatic carbocycles. The van der Waals surface area contributed by atoms with Crippen LogP contribution in [-0.2, 0) is 13.1 Å². The van der Waals surface area contributed by atoms with Crippen molar-refractivity contribution in [2.75, 3.05) is 13.1 Å². The van der Waals surface area contributed by atoms with E-state index >= 15 is 0 Å². The second-order valence-electron chi connectivity index (χ2n) is 6.28. The summed E-state index contributed by atoms with van der Waals surface area (Å²) in [7, 11) is 0. The highest BCUT2D eigenvalue weighted by Crippen LogP contribution is 2.11. The fourth-order valence-electron chi connectivity index (χ4n) is 2.42. The van der Waals surface area contributed by atoms with Gasteiger partial charge in [-0.25, -0.2) is 4.99 Å². The minimum Gasteiger partial charge on any atom is -0.357 e. The molecule has 0 saturated heterocycles. The van der Waals surface area contributed by atoms with Crippen LogP contribution in [0.25, 0.3) is 0 Å².